The summed E-state index contributed by atoms with van der Waals surface area (Å²) < 4.78 is 27.0. The molecule has 21 heteroatoms. The van der Waals surface area contributed by atoms with E-state index in [2.05, 4.69) is 14.7 Å². The predicted molar refractivity (Wildman–Crippen MR) is 165 cm³/mol. The molecule has 1 aromatic carbocycles. The van der Waals surface area contributed by atoms with Gasteiger partial charge in [-0.1, -0.05) is 12.1 Å². The normalized spacial score (nSPS) is 11.6. The van der Waals surface area contributed by atoms with Gasteiger partial charge in [0, 0.05) is 48.3 Å². The van der Waals surface area contributed by atoms with Gasteiger partial charge in [-0.15, -0.1) is 0 Å². The Morgan fingerprint density at radius 1 is 0.714 bits per heavy atom. The molecular weight excluding hydrogens is 672 g/mol. The van der Waals surface area contributed by atoms with Crippen molar-refractivity contribution >= 4 is 52.6 Å². The van der Waals surface area contributed by atoms with E-state index in [1.54, 1.807) is 24.3 Å². The van der Waals surface area contributed by atoms with Crippen molar-refractivity contribution in [3.8, 4) is 0 Å². The number of benzene rings is 1. The zero-order valence-corrected chi connectivity index (χ0v) is 26.6. The lowest BCUT2D eigenvalue weighted by Gasteiger charge is -2.24. The number of carbonyl (C=O) groups is 6. The van der Waals surface area contributed by atoms with Crippen LogP contribution in [0.15, 0.2) is 49.1 Å². The van der Waals surface area contributed by atoms with Gasteiger partial charge in [0.15, 0.2) is 0 Å². The SMILES string of the molecule is O=C(O)CN(CC(=O)O)C(=O)Cn1ccnc1CN(CCc1ccc(NS(=O)[O-])cc1)Cc1nccn1CC(=O)N(CC(=O)O)CC(=O)O. The second kappa shape index (κ2) is 18.0. The Labute approximate surface area is 280 Å². The molecule has 2 aromatic heterocycles. The number of rotatable bonds is 21. The lowest BCUT2D eigenvalue weighted by molar-refractivity contribution is -0.150. The minimum absolute atomic E-state index is 0.0813. The molecule has 0 radical (unpaired) electrons. The van der Waals surface area contributed by atoms with E-state index in [4.69, 9.17) is 20.4 Å². The largest absolute Gasteiger partial charge is 0.755 e. The van der Waals surface area contributed by atoms with Crippen molar-refractivity contribution in [1.29, 1.82) is 0 Å². The number of carboxylic acids is 4. The summed E-state index contributed by atoms with van der Waals surface area (Å²) in [5.74, 6) is -6.41. The van der Waals surface area contributed by atoms with Gasteiger partial charge in [0.05, 0.1) is 13.1 Å². The number of hydrogen-bond donors (Lipinski definition) is 5. The molecule has 3 aromatic rings. The van der Waals surface area contributed by atoms with Crippen molar-refractivity contribution in [3.63, 3.8) is 0 Å². The molecule has 264 valence electrons. The quantitative estimate of drug-likeness (QED) is 0.0791. The minimum Gasteiger partial charge on any atom is -0.755 e. The third-order valence-electron chi connectivity index (χ3n) is 6.83. The van der Waals surface area contributed by atoms with Crippen molar-refractivity contribution in [2.75, 3.05) is 37.4 Å². The van der Waals surface area contributed by atoms with Crippen LogP contribution in [0.1, 0.15) is 17.2 Å². The summed E-state index contributed by atoms with van der Waals surface area (Å²) in [5.41, 5.74) is 1.17. The van der Waals surface area contributed by atoms with Gasteiger partial charge in [-0.3, -0.25) is 37.9 Å². The van der Waals surface area contributed by atoms with Crippen molar-refractivity contribution in [3.05, 3.63) is 66.3 Å². The highest BCUT2D eigenvalue weighted by Gasteiger charge is 2.23. The molecule has 3 rings (SSSR count). The zero-order valence-electron chi connectivity index (χ0n) is 25.8. The molecule has 2 heterocycles. The molecule has 0 saturated heterocycles. The summed E-state index contributed by atoms with van der Waals surface area (Å²) in [4.78, 5) is 82.5. The third kappa shape index (κ3) is 12.8. The van der Waals surface area contributed by atoms with E-state index in [1.165, 1.54) is 33.9 Å². The van der Waals surface area contributed by atoms with E-state index in [-0.39, 0.29) is 13.1 Å². The molecule has 0 saturated carbocycles. The van der Waals surface area contributed by atoms with Gasteiger partial charge in [0.1, 0.15) is 50.9 Å². The Bertz CT molecular complexity index is 1550. The van der Waals surface area contributed by atoms with Crippen LogP contribution in [0.3, 0.4) is 0 Å². The number of nitrogens with zero attached hydrogens (tertiary/aromatic N) is 7. The Morgan fingerprint density at radius 3 is 1.49 bits per heavy atom. The lowest BCUT2D eigenvalue weighted by Crippen LogP contribution is -2.41. The molecule has 2 amide bonds. The highest BCUT2D eigenvalue weighted by molar-refractivity contribution is 7.80. The fourth-order valence-corrected chi connectivity index (χ4v) is 4.95. The number of carbonyl (C=O) groups excluding carboxylic acids is 2. The first kappa shape index (κ1) is 37.8. The molecule has 5 N–H and O–H groups in total. The second-order valence-corrected chi connectivity index (χ2v) is 11.2. The van der Waals surface area contributed by atoms with E-state index in [1.807, 2.05) is 4.90 Å². The van der Waals surface area contributed by atoms with E-state index < -0.39 is 86.2 Å². The van der Waals surface area contributed by atoms with E-state index >= 15 is 0 Å². The third-order valence-corrected chi connectivity index (χ3v) is 7.23. The first-order valence-electron chi connectivity index (χ1n) is 14.3. The average molecular weight is 706 g/mol. The van der Waals surface area contributed by atoms with Crippen molar-refractivity contribution in [2.24, 2.45) is 0 Å². The fraction of sp³-hybridized carbons (Fsp3) is 0.357. The smallest absolute Gasteiger partial charge is 0.323 e. The standard InChI is InChI=1S/C28H34N8O12S/c37-23(35(15-25(39)40)16-26(41)42)13-33-9-6-29-21(33)11-32(8-5-19-1-3-20(4-2-19)31-49(47)48)12-22-30-7-10-34(22)14-24(38)36(17-27(43)44)18-28(45)46/h1-4,6-7,9-10,31H,5,8,11-18H2,(H,39,40)(H,41,42)(H,43,44)(H,45,46)(H,47,48)/p-1. The number of amides is 2. The highest BCUT2D eigenvalue weighted by atomic mass is 32.2. The summed E-state index contributed by atoms with van der Waals surface area (Å²) in [6.07, 6.45) is 6.18. The summed E-state index contributed by atoms with van der Waals surface area (Å²) in [6.45, 7) is -3.62. The minimum atomic E-state index is -2.50. The van der Waals surface area contributed by atoms with Gasteiger partial charge in [-0.25, -0.2) is 9.97 Å². The highest BCUT2D eigenvalue weighted by Crippen LogP contribution is 2.14. The average Bonchev–Trinajstić information content (AvgIpc) is 3.63. The molecule has 0 bridgehead atoms. The summed E-state index contributed by atoms with van der Waals surface area (Å²) >= 11 is -2.50. The number of imidazole rings is 2. The predicted octanol–water partition coefficient (Wildman–Crippen LogP) is -1.47. The van der Waals surface area contributed by atoms with E-state index in [9.17, 15) is 37.5 Å². The van der Waals surface area contributed by atoms with Crippen LogP contribution in [0.5, 0.6) is 0 Å². The Hall–Kier alpha value is -5.67. The van der Waals surface area contributed by atoms with Gasteiger partial charge >= 0.3 is 23.9 Å². The van der Waals surface area contributed by atoms with Crippen molar-refractivity contribution in [1.82, 2.24) is 33.8 Å². The number of aromatic nitrogens is 4. The van der Waals surface area contributed by atoms with Crippen molar-refractivity contribution < 1.29 is 58.0 Å². The van der Waals surface area contributed by atoms with Crippen LogP contribution in [0.25, 0.3) is 0 Å². The van der Waals surface area contributed by atoms with Crippen LogP contribution < -0.4 is 4.72 Å². The van der Waals surface area contributed by atoms with E-state index in [0.29, 0.717) is 40.1 Å². The van der Waals surface area contributed by atoms with Crippen LogP contribution in [-0.2, 0) is 72.6 Å². The van der Waals surface area contributed by atoms with Crippen LogP contribution >= 0.6 is 0 Å². The van der Waals surface area contributed by atoms with E-state index in [0.717, 1.165) is 5.56 Å². The lowest BCUT2D eigenvalue weighted by atomic mass is 10.1. The van der Waals surface area contributed by atoms with Gasteiger partial charge in [-0.2, -0.15) is 0 Å². The maximum Gasteiger partial charge on any atom is 0.323 e. The van der Waals surface area contributed by atoms with Crippen molar-refractivity contribution in [2.45, 2.75) is 32.6 Å². The molecule has 0 spiro atoms. The molecule has 0 aliphatic rings. The molecule has 0 aliphatic carbocycles. The molecule has 49 heavy (non-hydrogen) atoms. The number of aliphatic carboxylic acids is 4. The Kier molecular flexibility index (Phi) is 13.9. The Morgan fingerprint density at radius 2 is 1.12 bits per heavy atom. The number of anilines is 1. The summed E-state index contributed by atoms with van der Waals surface area (Å²) in [6, 6.07) is 6.58. The molecule has 1 atom stereocenters. The monoisotopic (exact) mass is 705 g/mol. The first-order chi connectivity index (χ1) is 23.2. The summed E-state index contributed by atoms with van der Waals surface area (Å²) in [5, 5.41) is 36.5. The van der Waals surface area contributed by atoms with Crippen LogP contribution in [0, 0.1) is 0 Å². The van der Waals surface area contributed by atoms with Gasteiger partial charge in [0.2, 0.25) is 11.8 Å². The van der Waals surface area contributed by atoms with Gasteiger partial charge < -0.3 is 48.6 Å². The maximum atomic E-state index is 12.9. The van der Waals surface area contributed by atoms with Crippen LogP contribution in [0.4, 0.5) is 5.69 Å². The molecule has 1 unspecified atom stereocenters. The molecular formula is C28H33N8O12S-. The molecule has 0 aliphatic heterocycles. The number of carboxylic acid groups (broad SMARTS) is 4. The summed E-state index contributed by atoms with van der Waals surface area (Å²) in [7, 11) is 0. The molecule has 20 nitrogen and oxygen atoms in total. The first-order valence-corrected chi connectivity index (χ1v) is 15.4. The van der Waals surface area contributed by atoms with Gasteiger partial charge in [0.25, 0.3) is 0 Å². The Balaban J connectivity index is 1.84. The fourth-order valence-electron chi connectivity index (χ4n) is 4.62. The van der Waals surface area contributed by atoms with Gasteiger partial charge in [-0.05, 0) is 24.1 Å². The van der Waals surface area contributed by atoms with Crippen LogP contribution in [-0.4, -0.2) is 131 Å². The second-order valence-electron chi connectivity index (χ2n) is 10.5. The maximum absolute atomic E-state index is 12.9. The van der Waals surface area contributed by atoms with Crippen LogP contribution in [0.2, 0.25) is 0 Å². The zero-order chi connectivity index (χ0) is 36.1. The number of nitrogens with one attached hydrogen (secondary N) is 1. The topological polar surface area (TPSA) is 281 Å². The molecule has 0 fully saturated rings. The number of hydrogen-bond acceptors (Lipinski definition) is 11.